The first-order chi connectivity index (χ1) is 25.7. The molecule has 0 atom stereocenters. The number of rotatable bonds is 5. The number of nitrogens with zero attached hydrogens (tertiary/aromatic N) is 1. The van der Waals surface area contributed by atoms with E-state index in [9.17, 15) is 0 Å². The van der Waals surface area contributed by atoms with Crippen molar-refractivity contribution in [2.75, 3.05) is 0 Å². The van der Waals surface area contributed by atoms with Crippen LogP contribution in [0.5, 0.6) is 0 Å². The highest BCUT2D eigenvalue weighted by Crippen LogP contribution is 2.58. The summed E-state index contributed by atoms with van der Waals surface area (Å²) in [6.45, 7) is 2.18. The maximum atomic E-state index is 6.85. The predicted molar refractivity (Wildman–Crippen MR) is 222 cm³/mol. The van der Waals surface area contributed by atoms with E-state index >= 15 is 0 Å². The van der Waals surface area contributed by atoms with Gasteiger partial charge in [0.05, 0.1) is 16.9 Å². The third-order valence-corrected chi connectivity index (χ3v) is 10.7. The highest BCUT2D eigenvalue weighted by molar-refractivity contribution is 6.28. The molecule has 0 spiro atoms. The minimum atomic E-state index is 0.645. The van der Waals surface area contributed by atoms with Crippen LogP contribution < -0.4 is 5.73 Å². The van der Waals surface area contributed by atoms with Crippen molar-refractivity contribution in [1.29, 1.82) is 0 Å². The molecule has 0 amide bonds. The molecule has 2 nitrogen and oxygen atoms in total. The summed E-state index contributed by atoms with van der Waals surface area (Å²) in [7, 11) is 0. The maximum absolute atomic E-state index is 6.85. The van der Waals surface area contributed by atoms with E-state index < -0.39 is 0 Å². The Hall–Kier alpha value is -6.77. The molecule has 0 fully saturated rings. The molecule has 0 aliphatic heterocycles. The van der Waals surface area contributed by atoms with Crippen molar-refractivity contribution in [2.45, 2.75) is 6.92 Å². The topological polar surface area (TPSA) is 38.9 Å². The smallest absolute Gasteiger partial charge is 0.0944 e. The zero-order valence-electron chi connectivity index (χ0n) is 28.8. The van der Waals surface area contributed by atoms with Gasteiger partial charge in [-0.05, 0) is 102 Å². The van der Waals surface area contributed by atoms with Gasteiger partial charge in [-0.15, -0.1) is 0 Å². The molecule has 1 heterocycles. The normalized spacial score (nSPS) is 12.6. The summed E-state index contributed by atoms with van der Waals surface area (Å²) in [5.41, 5.74) is 21.8. The Morgan fingerprint density at radius 3 is 1.62 bits per heavy atom. The lowest BCUT2D eigenvalue weighted by atomic mass is 9.82. The van der Waals surface area contributed by atoms with Crippen LogP contribution in [0.25, 0.3) is 99.0 Å². The van der Waals surface area contributed by atoms with E-state index in [1.807, 2.05) is 12.1 Å². The van der Waals surface area contributed by atoms with Crippen molar-refractivity contribution in [3.8, 4) is 44.5 Å². The Morgan fingerprint density at radius 2 is 0.962 bits per heavy atom. The summed E-state index contributed by atoms with van der Waals surface area (Å²) in [5.74, 6) is 0. The standard InChI is InChI=1S/C50H34N2/c1-31(27-30-43(51)50-40-23-11-8-19-35(40)36-20-12-13-26-44(36)52-50)34-28-29-42-47-37(34)24-14-25-41(47)48-45(32-15-4-2-5-16-32)38-21-9-10-22-39(38)46(49(42)48)33-17-6-3-7-18-33/h2-30H,51H2,1H3/b31-27+,43-30-. The van der Waals surface area contributed by atoms with Gasteiger partial charge >= 0.3 is 0 Å². The van der Waals surface area contributed by atoms with Gasteiger partial charge in [-0.2, -0.15) is 0 Å². The summed E-state index contributed by atoms with van der Waals surface area (Å²) in [6, 6.07) is 58.8. The zero-order chi connectivity index (χ0) is 34.8. The predicted octanol–water partition coefficient (Wildman–Crippen LogP) is 13.1. The van der Waals surface area contributed by atoms with Gasteiger partial charge in [0, 0.05) is 10.8 Å². The van der Waals surface area contributed by atoms with Crippen molar-refractivity contribution in [2.24, 2.45) is 5.73 Å². The molecule has 10 rings (SSSR count). The molecule has 2 heteroatoms. The average Bonchev–Trinajstić information content (AvgIpc) is 3.54. The van der Waals surface area contributed by atoms with E-state index in [1.165, 1.54) is 71.6 Å². The Kier molecular flexibility index (Phi) is 6.90. The first-order valence-corrected chi connectivity index (χ1v) is 17.9. The molecule has 1 aromatic heterocycles. The molecule has 52 heavy (non-hydrogen) atoms. The third-order valence-electron chi connectivity index (χ3n) is 10.7. The summed E-state index contributed by atoms with van der Waals surface area (Å²) < 4.78 is 0. The zero-order valence-corrected chi connectivity index (χ0v) is 28.8. The second-order valence-electron chi connectivity index (χ2n) is 13.7. The molecule has 0 saturated heterocycles. The third kappa shape index (κ3) is 4.55. The molecule has 9 aromatic rings. The summed E-state index contributed by atoms with van der Waals surface area (Å²) in [4.78, 5) is 5.03. The van der Waals surface area contributed by atoms with Gasteiger partial charge in [0.2, 0.25) is 0 Å². The fourth-order valence-electron chi connectivity index (χ4n) is 8.46. The first kappa shape index (κ1) is 30.1. The van der Waals surface area contributed by atoms with Crippen LogP contribution in [-0.2, 0) is 0 Å². The summed E-state index contributed by atoms with van der Waals surface area (Å²) in [5, 5.41) is 8.42. The quantitative estimate of drug-likeness (QED) is 0.147. The highest BCUT2D eigenvalue weighted by atomic mass is 14.8. The van der Waals surface area contributed by atoms with Gasteiger partial charge < -0.3 is 5.73 Å². The van der Waals surface area contributed by atoms with Crippen LogP contribution in [0.3, 0.4) is 0 Å². The van der Waals surface area contributed by atoms with Gasteiger partial charge in [-0.3, -0.25) is 0 Å². The molecule has 0 unspecified atom stereocenters. The second-order valence-corrected chi connectivity index (χ2v) is 13.7. The first-order valence-electron chi connectivity index (χ1n) is 17.9. The van der Waals surface area contributed by atoms with Crippen molar-refractivity contribution in [3.05, 3.63) is 187 Å². The Morgan fingerprint density at radius 1 is 0.442 bits per heavy atom. The van der Waals surface area contributed by atoms with E-state index in [1.54, 1.807) is 0 Å². The van der Waals surface area contributed by atoms with E-state index in [0.29, 0.717) is 5.70 Å². The molecule has 2 N–H and O–H groups in total. The van der Waals surface area contributed by atoms with Gasteiger partial charge in [-0.25, -0.2) is 4.98 Å². The lowest BCUT2D eigenvalue weighted by Crippen LogP contribution is -2.01. The molecular weight excluding hydrogens is 629 g/mol. The average molecular weight is 663 g/mol. The fourth-order valence-corrected chi connectivity index (χ4v) is 8.46. The van der Waals surface area contributed by atoms with Crippen molar-refractivity contribution in [1.82, 2.24) is 4.98 Å². The van der Waals surface area contributed by atoms with Crippen molar-refractivity contribution < 1.29 is 0 Å². The van der Waals surface area contributed by atoms with Crippen LogP contribution in [0, 0.1) is 0 Å². The number of fused-ring (bicyclic) bond motifs is 7. The number of aromatic nitrogens is 1. The molecule has 0 bridgehead atoms. The number of nitrogens with two attached hydrogens (primary N) is 1. The minimum Gasteiger partial charge on any atom is -0.397 e. The van der Waals surface area contributed by atoms with Crippen LogP contribution in [0.1, 0.15) is 18.2 Å². The van der Waals surface area contributed by atoms with Crippen molar-refractivity contribution in [3.63, 3.8) is 0 Å². The molecule has 8 aromatic carbocycles. The van der Waals surface area contributed by atoms with E-state index in [4.69, 9.17) is 10.7 Å². The minimum absolute atomic E-state index is 0.645. The number of pyridine rings is 1. The van der Waals surface area contributed by atoms with Gasteiger partial charge in [0.15, 0.2) is 0 Å². The number of para-hydroxylation sites is 1. The van der Waals surface area contributed by atoms with E-state index in [-0.39, 0.29) is 0 Å². The Labute approximate surface area is 302 Å². The molecular formula is C50H34N2. The Balaban J connectivity index is 1.19. The maximum Gasteiger partial charge on any atom is 0.0944 e. The molecule has 1 aliphatic rings. The second kappa shape index (κ2) is 11.9. The van der Waals surface area contributed by atoms with Gasteiger partial charge in [0.1, 0.15) is 0 Å². The number of benzene rings is 8. The highest BCUT2D eigenvalue weighted by Gasteiger charge is 2.31. The number of hydrogen-bond acceptors (Lipinski definition) is 2. The van der Waals surface area contributed by atoms with Crippen LogP contribution in [0.4, 0.5) is 0 Å². The van der Waals surface area contributed by atoms with Crippen molar-refractivity contribution >= 4 is 54.5 Å². The molecule has 1 aliphatic carbocycles. The lowest BCUT2D eigenvalue weighted by Gasteiger charge is -2.20. The largest absolute Gasteiger partial charge is 0.397 e. The van der Waals surface area contributed by atoms with Crippen LogP contribution in [-0.4, -0.2) is 4.98 Å². The molecule has 0 radical (unpaired) electrons. The van der Waals surface area contributed by atoms with E-state index in [2.05, 4.69) is 171 Å². The SMILES string of the molecule is C/C(=C\C=C(/N)c1nc2ccccc2c2ccccc12)c1ccc2c3c(cccc13)-c1c-2c(-c2ccccc2)c2ccccc2c1-c1ccccc1. The lowest BCUT2D eigenvalue weighted by molar-refractivity contribution is 1.35. The van der Waals surface area contributed by atoms with Crippen LogP contribution in [0.2, 0.25) is 0 Å². The molecule has 244 valence electrons. The van der Waals surface area contributed by atoms with E-state index in [0.717, 1.165) is 32.9 Å². The fraction of sp³-hybridized carbons (Fsp3) is 0.0200. The summed E-state index contributed by atoms with van der Waals surface area (Å²) >= 11 is 0. The molecule has 0 saturated carbocycles. The van der Waals surface area contributed by atoms with Crippen LogP contribution >= 0.6 is 0 Å². The number of hydrogen-bond donors (Lipinski definition) is 1. The number of allylic oxidation sites excluding steroid dienone is 3. The Bertz CT molecular complexity index is 2860. The van der Waals surface area contributed by atoms with Gasteiger partial charge in [0.25, 0.3) is 0 Å². The summed E-state index contributed by atoms with van der Waals surface area (Å²) in [6.07, 6.45) is 4.16. The van der Waals surface area contributed by atoms with Crippen LogP contribution in [0.15, 0.2) is 176 Å². The van der Waals surface area contributed by atoms with Gasteiger partial charge in [-0.1, -0.05) is 164 Å². The monoisotopic (exact) mass is 662 g/mol.